The number of aromatic amines is 1. The van der Waals surface area contributed by atoms with Crippen molar-refractivity contribution < 1.29 is 14.3 Å². The van der Waals surface area contributed by atoms with E-state index in [-0.39, 0.29) is 11.9 Å². The predicted octanol–water partition coefficient (Wildman–Crippen LogP) is 1.55. The maximum Gasteiger partial charge on any atom is 0.271 e. The number of amides is 1. The van der Waals surface area contributed by atoms with E-state index in [0.29, 0.717) is 17.9 Å². The van der Waals surface area contributed by atoms with E-state index < -0.39 is 6.10 Å². The second kappa shape index (κ2) is 5.71. The number of hydrogen-bond donors (Lipinski definition) is 3. The second-order valence-corrected chi connectivity index (χ2v) is 4.58. The highest BCUT2D eigenvalue weighted by atomic mass is 16.4. The molecule has 0 radical (unpaired) electrons. The van der Waals surface area contributed by atoms with E-state index in [9.17, 15) is 9.90 Å². The number of nitrogens with zero attached hydrogens (tertiary/aromatic N) is 1. The molecular formula is C13H17N3O3. The molecule has 0 fully saturated rings. The van der Waals surface area contributed by atoms with Gasteiger partial charge in [-0.1, -0.05) is 0 Å². The summed E-state index contributed by atoms with van der Waals surface area (Å²) < 4.78 is 5.11. The fourth-order valence-corrected chi connectivity index (χ4v) is 1.82. The van der Waals surface area contributed by atoms with Gasteiger partial charge in [-0.05, 0) is 32.0 Å². The number of aliphatic hydroxyl groups is 1. The lowest BCUT2D eigenvalue weighted by Gasteiger charge is -2.15. The molecule has 0 bridgehead atoms. The fraction of sp³-hybridized carbons (Fsp3) is 0.385. The summed E-state index contributed by atoms with van der Waals surface area (Å²) in [5.41, 5.74) is 1.17. The van der Waals surface area contributed by atoms with E-state index in [1.807, 2.05) is 13.8 Å². The third-order valence-corrected chi connectivity index (χ3v) is 2.76. The largest absolute Gasteiger partial charge is 0.467 e. The molecule has 1 amide bonds. The molecule has 0 aromatic carbocycles. The van der Waals surface area contributed by atoms with Gasteiger partial charge in [0.15, 0.2) is 0 Å². The molecule has 102 valence electrons. The Labute approximate surface area is 110 Å². The molecule has 2 heterocycles. The van der Waals surface area contributed by atoms with Crippen LogP contribution in [0.5, 0.6) is 0 Å². The highest BCUT2D eigenvalue weighted by molar-refractivity contribution is 5.92. The van der Waals surface area contributed by atoms with E-state index in [2.05, 4.69) is 15.5 Å². The molecule has 2 aromatic rings. The molecular weight excluding hydrogens is 246 g/mol. The average molecular weight is 263 g/mol. The second-order valence-electron chi connectivity index (χ2n) is 4.58. The Morgan fingerprint density at radius 2 is 2.42 bits per heavy atom. The van der Waals surface area contributed by atoms with Crippen molar-refractivity contribution in [2.24, 2.45) is 0 Å². The molecule has 6 heteroatoms. The summed E-state index contributed by atoms with van der Waals surface area (Å²) in [6.07, 6.45) is 1.16. The van der Waals surface area contributed by atoms with Gasteiger partial charge in [0.1, 0.15) is 17.6 Å². The highest BCUT2D eigenvalue weighted by Gasteiger charge is 2.18. The van der Waals surface area contributed by atoms with E-state index in [4.69, 9.17) is 4.42 Å². The molecule has 0 aliphatic rings. The summed E-state index contributed by atoms with van der Waals surface area (Å²) in [7, 11) is 0. The first-order valence-corrected chi connectivity index (χ1v) is 6.10. The molecule has 0 aliphatic heterocycles. The Morgan fingerprint density at radius 1 is 1.63 bits per heavy atom. The van der Waals surface area contributed by atoms with Crippen molar-refractivity contribution in [2.75, 3.05) is 0 Å². The van der Waals surface area contributed by atoms with Crippen molar-refractivity contribution in [1.82, 2.24) is 15.5 Å². The summed E-state index contributed by atoms with van der Waals surface area (Å²) in [6, 6.07) is 4.90. The van der Waals surface area contributed by atoms with Crippen LogP contribution in [0.2, 0.25) is 0 Å². The molecule has 2 unspecified atom stereocenters. The lowest BCUT2D eigenvalue weighted by atomic mass is 10.1. The topological polar surface area (TPSA) is 91.2 Å². The van der Waals surface area contributed by atoms with Gasteiger partial charge in [-0.15, -0.1) is 0 Å². The molecule has 2 aromatic heterocycles. The average Bonchev–Trinajstić information content (AvgIpc) is 2.98. The Morgan fingerprint density at radius 3 is 3.00 bits per heavy atom. The zero-order valence-electron chi connectivity index (χ0n) is 10.9. The van der Waals surface area contributed by atoms with Gasteiger partial charge in [-0.2, -0.15) is 5.10 Å². The molecule has 0 spiro atoms. The first-order chi connectivity index (χ1) is 9.06. The molecule has 2 atom stereocenters. The Bertz CT molecular complexity index is 533. The Kier molecular flexibility index (Phi) is 4.01. The van der Waals surface area contributed by atoms with Gasteiger partial charge < -0.3 is 14.8 Å². The highest BCUT2D eigenvalue weighted by Crippen LogP contribution is 2.18. The van der Waals surface area contributed by atoms with Crippen molar-refractivity contribution in [2.45, 2.75) is 32.4 Å². The fourth-order valence-electron chi connectivity index (χ4n) is 1.82. The lowest BCUT2D eigenvalue weighted by molar-refractivity contribution is 0.0898. The third kappa shape index (κ3) is 3.45. The summed E-state index contributed by atoms with van der Waals surface area (Å²) >= 11 is 0. The molecule has 0 saturated carbocycles. The van der Waals surface area contributed by atoms with Crippen molar-refractivity contribution in [3.63, 3.8) is 0 Å². The van der Waals surface area contributed by atoms with Crippen LogP contribution in [0.1, 0.15) is 41.4 Å². The van der Waals surface area contributed by atoms with E-state index in [1.54, 1.807) is 18.2 Å². The van der Waals surface area contributed by atoms with Crippen LogP contribution >= 0.6 is 0 Å². The number of H-pyrrole nitrogens is 1. The monoisotopic (exact) mass is 263 g/mol. The number of hydrogen-bond acceptors (Lipinski definition) is 4. The molecule has 6 nitrogen and oxygen atoms in total. The normalized spacial score (nSPS) is 14.1. The quantitative estimate of drug-likeness (QED) is 0.763. The molecule has 19 heavy (non-hydrogen) atoms. The zero-order valence-corrected chi connectivity index (χ0v) is 10.9. The van der Waals surface area contributed by atoms with Crippen LogP contribution in [0, 0.1) is 6.92 Å². The molecule has 3 N–H and O–H groups in total. The van der Waals surface area contributed by atoms with Crippen LogP contribution in [0.3, 0.4) is 0 Å². The van der Waals surface area contributed by atoms with Crippen LogP contribution in [-0.2, 0) is 0 Å². The first-order valence-electron chi connectivity index (χ1n) is 6.10. The summed E-state index contributed by atoms with van der Waals surface area (Å²) in [6.45, 7) is 3.65. The molecule has 0 saturated heterocycles. The number of aliphatic hydroxyl groups excluding tert-OH is 1. The van der Waals surface area contributed by atoms with Gasteiger partial charge in [0, 0.05) is 18.2 Å². The van der Waals surface area contributed by atoms with Crippen molar-refractivity contribution >= 4 is 5.91 Å². The smallest absolute Gasteiger partial charge is 0.271 e. The lowest BCUT2D eigenvalue weighted by Crippen LogP contribution is -2.34. The minimum atomic E-state index is -0.730. The minimum absolute atomic E-state index is 0.190. The van der Waals surface area contributed by atoms with Crippen LogP contribution < -0.4 is 5.32 Å². The SMILES string of the molecule is Cc1cc(C(=O)NC(C)CC(O)c2ccco2)n[nH]1. The van der Waals surface area contributed by atoms with E-state index in [1.165, 1.54) is 6.26 Å². The van der Waals surface area contributed by atoms with Crippen LogP contribution in [0.25, 0.3) is 0 Å². The van der Waals surface area contributed by atoms with Gasteiger partial charge in [0.25, 0.3) is 5.91 Å². The van der Waals surface area contributed by atoms with Gasteiger partial charge in [-0.3, -0.25) is 9.89 Å². The van der Waals surface area contributed by atoms with Gasteiger partial charge in [-0.25, -0.2) is 0 Å². The Balaban J connectivity index is 1.87. The summed E-state index contributed by atoms with van der Waals surface area (Å²) in [5, 5.41) is 19.3. The number of carbonyl (C=O) groups is 1. The van der Waals surface area contributed by atoms with Crippen molar-refractivity contribution in [1.29, 1.82) is 0 Å². The van der Waals surface area contributed by atoms with E-state index >= 15 is 0 Å². The molecule has 2 rings (SSSR count). The third-order valence-electron chi connectivity index (χ3n) is 2.76. The first kappa shape index (κ1) is 13.4. The van der Waals surface area contributed by atoms with Crippen molar-refractivity contribution in [3.8, 4) is 0 Å². The number of aromatic nitrogens is 2. The number of carbonyl (C=O) groups excluding carboxylic acids is 1. The summed E-state index contributed by atoms with van der Waals surface area (Å²) in [5.74, 6) is 0.236. The van der Waals surface area contributed by atoms with Crippen LogP contribution in [0.15, 0.2) is 28.9 Å². The maximum atomic E-state index is 11.8. The Hall–Kier alpha value is -2.08. The van der Waals surface area contributed by atoms with Crippen LogP contribution in [0.4, 0.5) is 0 Å². The van der Waals surface area contributed by atoms with Gasteiger partial charge >= 0.3 is 0 Å². The number of rotatable bonds is 5. The molecule has 0 aliphatic carbocycles. The van der Waals surface area contributed by atoms with Crippen molar-refractivity contribution in [3.05, 3.63) is 41.6 Å². The van der Waals surface area contributed by atoms with Gasteiger partial charge in [0.2, 0.25) is 0 Å². The summed E-state index contributed by atoms with van der Waals surface area (Å²) in [4.78, 5) is 11.8. The van der Waals surface area contributed by atoms with Crippen LogP contribution in [-0.4, -0.2) is 27.3 Å². The standard InChI is InChI=1S/C13H17N3O3/c1-8(7-11(17)12-4-3-5-19-12)14-13(18)10-6-9(2)15-16-10/h3-6,8,11,17H,7H2,1-2H3,(H,14,18)(H,15,16). The number of furan rings is 1. The maximum absolute atomic E-state index is 11.8. The zero-order chi connectivity index (χ0) is 13.8. The predicted molar refractivity (Wildman–Crippen MR) is 68.5 cm³/mol. The van der Waals surface area contributed by atoms with Gasteiger partial charge in [0.05, 0.1) is 6.26 Å². The number of aryl methyl sites for hydroxylation is 1. The minimum Gasteiger partial charge on any atom is -0.467 e. The van der Waals surface area contributed by atoms with E-state index in [0.717, 1.165) is 5.69 Å². The number of nitrogens with one attached hydrogen (secondary N) is 2.